The molecule has 2 aromatic rings. The third-order valence-electron chi connectivity index (χ3n) is 3.78. The average Bonchev–Trinajstić information content (AvgIpc) is 2.96. The van der Waals surface area contributed by atoms with Crippen molar-refractivity contribution in [2.45, 2.75) is 25.9 Å². The fraction of sp³-hybridized carbons (Fsp3) is 0.571. The summed E-state index contributed by atoms with van der Waals surface area (Å²) in [7, 11) is 3.74. The van der Waals surface area contributed by atoms with Crippen LogP contribution in [-0.4, -0.2) is 39.9 Å². The fourth-order valence-electron chi connectivity index (χ4n) is 2.86. The van der Waals surface area contributed by atoms with Crippen molar-refractivity contribution in [2.75, 3.05) is 20.3 Å². The third-order valence-corrected chi connectivity index (χ3v) is 4.70. The molecule has 0 amide bonds. The molecule has 20 heavy (non-hydrogen) atoms. The van der Waals surface area contributed by atoms with Crippen molar-refractivity contribution in [1.29, 1.82) is 0 Å². The normalized spacial score (nSPS) is 19.2. The Labute approximate surface area is 123 Å². The topological polar surface area (TPSA) is 43.2 Å². The monoisotopic (exact) mass is 292 g/mol. The van der Waals surface area contributed by atoms with Gasteiger partial charge in [0.2, 0.25) is 0 Å². The van der Waals surface area contributed by atoms with E-state index in [4.69, 9.17) is 4.74 Å². The molecule has 1 atom stereocenters. The minimum atomic E-state index is 0.359. The maximum atomic E-state index is 5.37. The molecule has 0 saturated heterocycles. The lowest BCUT2D eigenvalue weighted by Crippen LogP contribution is -2.34. The van der Waals surface area contributed by atoms with Crippen LogP contribution in [0.4, 0.5) is 0 Å². The van der Waals surface area contributed by atoms with Crippen LogP contribution in [0.1, 0.15) is 27.7 Å². The number of nitrogens with zero attached hydrogens (tertiary/aromatic N) is 4. The predicted octanol–water partition coefficient (Wildman–Crippen LogP) is 1.93. The number of aryl methyl sites for hydroxylation is 2. The second-order valence-corrected chi connectivity index (χ2v) is 6.34. The second kappa shape index (κ2) is 5.63. The van der Waals surface area contributed by atoms with Gasteiger partial charge in [-0.05, 0) is 6.92 Å². The zero-order valence-electron chi connectivity index (χ0n) is 12.2. The molecule has 0 spiro atoms. The van der Waals surface area contributed by atoms with Gasteiger partial charge in [-0.15, -0.1) is 11.3 Å². The minimum Gasteiger partial charge on any atom is -0.384 e. The highest BCUT2D eigenvalue weighted by Gasteiger charge is 2.28. The SMILES string of the molecule is COC[C@@H]1CN(Cc2scnc2C)Cc2cn(C)nc21. The highest BCUT2D eigenvalue weighted by atomic mass is 32.1. The predicted molar refractivity (Wildman–Crippen MR) is 78.8 cm³/mol. The lowest BCUT2D eigenvalue weighted by Gasteiger charge is -2.31. The van der Waals surface area contributed by atoms with Gasteiger partial charge in [-0.2, -0.15) is 5.10 Å². The molecule has 1 aliphatic heterocycles. The van der Waals surface area contributed by atoms with E-state index in [1.54, 1.807) is 18.4 Å². The molecular weight excluding hydrogens is 272 g/mol. The van der Waals surface area contributed by atoms with E-state index in [9.17, 15) is 0 Å². The molecule has 0 aliphatic carbocycles. The first-order chi connectivity index (χ1) is 9.67. The highest BCUT2D eigenvalue weighted by Crippen LogP contribution is 2.29. The molecule has 3 heterocycles. The second-order valence-electron chi connectivity index (χ2n) is 5.40. The Kier molecular flexibility index (Phi) is 3.87. The molecule has 5 nitrogen and oxygen atoms in total. The van der Waals surface area contributed by atoms with E-state index >= 15 is 0 Å². The summed E-state index contributed by atoms with van der Waals surface area (Å²) in [4.78, 5) is 8.16. The Morgan fingerprint density at radius 2 is 2.35 bits per heavy atom. The van der Waals surface area contributed by atoms with Crippen LogP contribution in [-0.2, 0) is 24.9 Å². The zero-order chi connectivity index (χ0) is 14.1. The van der Waals surface area contributed by atoms with Crippen LogP contribution in [0, 0.1) is 6.92 Å². The molecule has 1 aliphatic rings. The first kappa shape index (κ1) is 13.7. The van der Waals surface area contributed by atoms with E-state index in [1.165, 1.54) is 16.1 Å². The van der Waals surface area contributed by atoms with E-state index in [0.29, 0.717) is 5.92 Å². The molecule has 0 fully saturated rings. The number of rotatable bonds is 4. The standard InChI is InChI=1S/C14H20N4OS/c1-10-13(20-9-15-10)7-18-5-11-4-17(2)16-14(11)12(6-18)8-19-3/h4,9,12H,5-8H2,1-3H3/t12-/m0/s1. The van der Waals surface area contributed by atoms with E-state index in [1.807, 2.05) is 17.2 Å². The Balaban J connectivity index is 1.80. The molecule has 2 aromatic heterocycles. The quantitative estimate of drug-likeness (QED) is 0.863. The molecule has 6 heteroatoms. The molecular formula is C14H20N4OS. The van der Waals surface area contributed by atoms with Gasteiger partial charge in [0.05, 0.1) is 23.5 Å². The van der Waals surface area contributed by atoms with E-state index in [2.05, 4.69) is 28.1 Å². The summed E-state index contributed by atoms with van der Waals surface area (Å²) in [6, 6.07) is 0. The van der Waals surface area contributed by atoms with Crippen LogP contribution < -0.4 is 0 Å². The third kappa shape index (κ3) is 2.63. The molecule has 108 valence electrons. The van der Waals surface area contributed by atoms with Crippen molar-refractivity contribution in [2.24, 2.45) is 7.05 Å². The summed E-state index contributed by atoms with van der Waals surface area (Å²) in [6.07, 6.45) is 2.13. The lowest BCUT2D eigenvalue weighted by atomic mass is 9.97. The molecule has 3 rings (SSSR count). The van der Waals surface area contributed by atoms with Gasteiger partial charge in [-0.1, -0.05) is 0 Å². The smallest absolute Gasteiger partial charge is 0.0798 e. The van der Waals surface area contributed by atoms with Crippen molar-refractivity contribution >= 4 is 11.3 Å². The van der Waals surface area contributed by atoms with Gasteiger partial charge < -0.3 is 4.74 Å². The Morgan fingerprint density at radius 3 is 3.05 bits per heavy atom. The van der Waals surface area contributed by atoms with Crippen LogP contribution >= 0.6 is 11.3 Å². The minimum absolute atomic E-state index is 0.359. The van der Waals surface area contributed by atoms with E-state index in [0.717, 1.165) is 31.9 Å². The van der Waals surface area contributed by atoms with Gasteiger partial charge in [-0.25, -0.2) is 4.98 Å². The van der Waals surface area contributed by atoms with Crippen LogP contribution in [0.5, 0.6) is 0 Å². The number of ether oxygens (including phenoxy) is 1. The molecule has 0 N–H and O–H groups in total. The lowest BCUT2D eigenvalue weighted by molar-refractivity contribution is 0.135. The first-order valence-corrected chi connectivity index (χ1v) is 7.68. The number of fused-ring (bicyclic) bond motifs is 1. The maximum Gasteiger partial charge on any atom is 0.0798 e. The number of thiazole rings is 1. The van der Waals surface area contributed by atoms with Crippen LogP contribution in [0.25, 0.3) is 0 Å². The van der Waals surface area contributed by atoms with E-state index < -0.39 is 0 Å². The zero-order valence-corrected chi connectivity index (χ0v) is 13.0. The van der Waals surface area contributed by atoms with Crippen LogP contribution in [0.15, 0.2) is 11.7 Å². The summed E-state index contributed by atoms with van der Waals surface area (Å²) < 4.78 is 7.28. The van der Waals surface area contributed by atoms with Crippen LogP contribution in [0.3, 0.4) is 0 Å². The molecule has 0 saturated carbocycles. The van der Waals surface area contributed by atoms with Crippen molar-refractivity contribution in [3.05, 3.63) is 33.5 Å². The summed E-state index contributed by atoms with van der Waals surface area (Å²) in [5.41, 5.74) is 5.60. The van der Waals surface area contributed by atoms with Crippen molar-refractivity contribution in [3.8, 4) is 0 Å². The maximum absolute atomic E-state index is 5.37. The highest BCUT2D eigenvalue weighted by molar-refractivity contribution is 7.09. The van der Waals surface area contributed by atoms with Crippen LogP contribution in [0.2, 0.25) is 0 Å². The van der Waals surface area contributed by atoms with Gasteiger partial charge in [-0.3, -0.25) is 9.58 Å². The molecule has 0 bridgehead atoms. The molecule has 0 unspecified atom stereocenters. The van der Waals surface area contributed by atoms with Crippen molar-refractivity contribution in [3.63, 3.8) is 0 Å². The van der Waals surface area contributed by atoms with Gasteiger partial charge in [0.1, 0.15) is 0 Å². The largest absolute Gasteiger partial charge is 0.384 e. The molecule has 0 aromatic carbocycles. The van der Waals surface area contributed by atoms with Gasteiger partial charge >= 0.3 is 0 Å². The summed E-state index contributed by atoms with van der Waals surface area (Å²) in [5.74, 6) is 0.359. The number of hydrogen-bond acceptors (Lipinski definition) is 5. The number of hydrogen-bond donors (Lipinski definition) is 0. The average molecular weight is 292 g/mol. The summed E-state index contributed by atoms with van der Waals surface area (Å²) >= 11 is 1.74. The van der Waals surface area contributed by atoms with Gasteiger partial charge in [0, 0.05) is 56.3 Å². The summed E-state index contributed by atoms with van der Waals surface area (Å²) in [6.45, 7) is 5.72. The first-order valence-electron chi connectivity index (χ1n) is 6.80. The van der Waals surface area contributed by atoms with Gasteiger partial charge in [0.15, 0.2) is 0 Å². The summed E-state index contributed by atoms with van der Waals surface area (Å²) in [5, 5.41) is 4.60. The fourth-order valence-corrected chi connectivity index (χ4v) is 3.68. The number of aromatic nitrogens is 3. The van der Waals surface area contributed by atoms with Crippen molar-refractivity contribution < 1.29 is 4.74 Å². The number of methoxy groups -OCH3 is 1. The van der Waals surface area contributed by atoms with Gasteiger partial charge in [0.25, 0.3) is 0 Å². The van der Waals surface area contributed by atoms with E-state index in [-0.39, 0.29) is 0 Å². The molecule has 0 radical (unpaired) electrons. The Morgan fingerprint density at radius 1 is 1.50 bits per heavy atom. The Hall–Kier alpha value is -1.24. The van der Waals surface area contributed by atoms with Crippen molar-refractivity contribution in [1.82, 2.24) is 19.7 Å². The Bertz CT molecular complexity index is 592.